The molecule has 0 aliphatic heterocycles. The predicted octanol–water partition coefficient (Wildman–Crippen LogP) is 1.88. The van der Waals surface area contributed by atoms with E-state index in [1.807, 2.05) is 31.2 Å². The molecular weight excluding hydrogens is 258 g/mol. The molecule has 5 nitrogen and oxygen atoms in total. The molecule has 1 atom stereocenters. The number of benzene rings is 1. The summed E-state index contributed by atoms with van der Waals surface area (Å²) in [5, 5.41) is 0. The Hall–Kier alpha value is -1.59. The first-order chi connectivity index (χ1) is 9.60. The fourth-order valence-electron chi connectivity index (χ4n) is 1.73. The molecule has 0 fully saturated rings. The van der Waals surface area contributed by atoms with E-state index < -0.39 is 0 Å². The summed E-state index contributed by atoms with van der Waals surface area (Å²) >= 11 is 0. The minimum atomic E-state index is -0.0515. The molecule has 0 spiro atoms. The van der Waals surface area contributed by atoms with E-state index in [0.29, 0.717) is 13.2 Å². The van der Waals surface area contributed by atoms with Crippen LogP contribution in [-0.4, -0.2) is 51.9 Å². The third kappa shape index (κ3) is 4.83. The van der Waals surface area contributed by atoms with Crippen LogP contribution in [0.1, 0.15) is 18.5 Å². The average Bonchev–Trinajstić information content (AvgIpc) is 2.50. The number of carbonyl (C=O) groups excluding carboxylic acids is 1. The quantitative estimate of drug-likeness (QED) is 0.683. The van der Waals surface area contributed by atoms with Crippen molar-refractivity contribution in [3.63, 3.8) is 0 Å². The molecular formula is C15H23NO4. The molecule has 1 amide bonds. The van der Waals surface area contributed by atoms with Crippen molar-refractivity contribution in [3.05, 3.63) is 29.8 Å². The van der Waals surface area contributed by atoms with E-state index in [0.717, 1.165) is 11.3 Å². The van der Waals surface area contributed by atoms with Crippen LogP contribution in [0, 0.1) is 0 Å². The van der Waals surface area contributed by atoms with Gasteiger partial charge in [0, 0.05) is 14.2 Å². The number of methoxy groups -OCH3 is 2. The van der Waals surface area contributed by atoms with E-state index in [4.69, 9.17) is 14.2 Å². The van der Waals surface area contributed by atoms with Crippen LogP contribution in [0.2, 0.25) is 0 Å². The topological polar surface area (TPSA) is 48.0 Å². The lowest BCUT2D eigenvalue weighted by Crippen LogP contribution is -2.33. The van der Waals surface area contributed by atoms with E-state index in [1.165, 1.54) is 0 Å². The first kappa shape index (κ1) is 16.5. The summed E-state index contributed by atoms with van der Waals surface area (Å²) in [6, 6.07) is 7.68. The third-order valence-corrected chi connectivity index (χ3v) is 3.23. The third-order valence-electron chi connectivity index (χ3n) is 3.23. The highest BCUT2D eigenvalue weighted by molar-refractivity contribution is 5.77. The zero-order valence-corrected chi connectivity index (χ0v) is 12.6. The van der Waals surface area contributed by atoms with Crippen LogP contribution in [0.25, 0.3) is 0 Å². The van der Waals surface area contributed by atoms with Gasteiger partial charge in [0.1, 0.15) is 12.4 Å². The van der Waals surface area contributed by atoms with E-state index >= 15 is 0 Å². The highest BCUT2D eigenvalue weighted by atomic mass is 16.5. The molecule has 5 heteroatoms. The molecule has 1 aromatic carbocycles. The second-order valence-electron chi connectivity index (χ2n) is 4.50. The van der Waals surface area contributed by atoms with E-state index in [1.54, 1.807) is 26.2 Å². The Balaban J connectivity index is 2.51. The molecule has 0 N–H and O–H groups in total. The number of hydrogen-bond donors (Lipinski definition) is 0. The minimum Gasteiger partial charge on any atom is -0.497 e. The van der Waals surface area contributed by atoms with Gasteiger partial charge in [0.05, 0.1) is 26.4 Å². The summed E-state index contributed by atoms with van der Waals surface area (Å²) in [6.45, 7) is 2.97. The lowest BCUT2D eigenvalue weighted by molar-refractivity contribution is -0.137. The maximum absolute atomic E-state index is 12.0. The molecule has 0 aromatic heterocycles. The van der Waals surface area contributed by atoms with Crippen LogP contribution in [0.15, 0.2) is 24.3 Å². The Kier molecular flexibility index (Phi) is 7.04. The summed E-state index contributed by atoms with van der Waals surface area (Å²) < 4.78 is 15.2. The Morgan fingerprint density at radius 1 is 1.20 bits per heavy atom. The van der Waals surface area contributed by atoms with Crippen LogP contribution >= 0.6 is 0 Å². The Bertz CT molecular complexity index is 405. The molecule has 112 valence electrons. The standard InChI is InChI=1S/C15H23NO4/c1-12(13-5-7-14(19-4)8-6-13)16(2)15(17)11-20-10-9-18-3/h5-8,12H,9-11H2,1-4H3. The van der Waals surface area contributed by atoms with Crippen LogP contribution in [-0.2, 0) is 14.3 Å². The maximum atomic E-state index is 12.0. The summed E-state index contributed by atoms with van der Waals surface area (Å²) in [5.41, 5.74) is 1.05. The molecule has 0 heterocycles. The van der Waals surface area contributed by atoms with E-state index in [9.17, 15) is 4.79 Å². The second-order valence-corrected chi connectivity index (χ2v) is 4.50. The smallest absolute Gasteiger partial charge is 0.248 e. The summed E-state index contributed by atoms with van der Waals surface area (Å²) in [6.07, 6.45) is 0. The summed E-state index contributed by atoms with van der Waals surface area (Å²) in [7, 11) is 5.01. The number of nitrogens with zero attached hydrogens (tertiary/aromatic N) is 1. The number of carbonyl (C=O) groups is 1. The number of rotatable bonds is 8. The van der Waals surface area contributed by atoms with Gasteiger partial charge in [-0.2, -0.15) is 0 Å². The van der Waals surface area contributed by atoms with Gasteiger partial charge in [-0.1, -0.05) is 12.1 Å². The Labute approximate surface area is 120 Å². The van der Waals surface area contributed by atoms with Crippen molar-refractivity contribution in [2.75, 3.05) is 41.1 Å². The zero-order valence-electron chi connectivity index (χ0n) is 12.6. The van der Waals surface area contributed by atoms with Crippen LogP contribution < -0.4 is 4.74 Å². The zero-order chi connectivity index (χ0) is 15.0. The van der Waals surface area contributed by atoms with Crippen molar-refractivity contribution in [2.45, 2.75) is 13.0 Å². The van der Waals surface area contributed by atoms with Crippen LogP contribution in [0.3, 0.4) is 0 Å². The van der Waals surface area contributed by atoms with Crippen molar-refractivity contribution in [2.24, 2.45) is 0 Å². The monoisotopic (exact) mass is 281 g/mol. The lowest BCUT2D eigenvalue weighted by Gasteiger charge is -2.25. The molecule has 0 aliphatic rings. The first-order valence-corrected chi connectivity index (χ1v) is 6.56. The van der Waals surface area contributed by atoms with Gasteiger partial charge in [-0.25, -0.2) is 0 Å². The van der Waals surface area contributed by atoms with Crippen molar-refractivity contribution in [3.8, 4) is 5.75 Å². The van der Waals surface area contributed by atoms with E-state index in [2.05, 4.69) is 0 Å². The van der Waals surface area contributed by atoms with Gasteiger partial charge >= 0.3 is 0 Å². The molecule has 1 unspecified atom stereocenters. The second kappa shape index (κ2) is 8.55. The highest BCUT2D eigenvalue weighted by Crippen LogP contribution is 2.21. The Morgan fingerprint density at radius 3 is 2.40 bits per heavy atom. The lowest BCUT2D eigenvalue weighted by atomic mass is 10.1. The van der Waals surface area contributed by atoms with Gasteiger partial charge in [-0.3, -0.25) is 4.79 Å². The highest BCUT2D eigenvalue weighted by Gasteiger charge is 2.17. The largest absolute Gasteiger partial charge is 0.497 e. The van der Waals surface area contributed by atoms with Crippen LogP contribution in [0.5, 0.6) is 5.75 Å². The minimum absolute atomic E-state index is 0.0144. The molecule has 20 heavy (non-hydrogen) atoms. The number of hydrogen-bond acceptors (Lipinski definition) is 4. The fourth-order valence-corrected chi connectivity index (χ4v) is 1.73. The van der Waals surface area contributed by atoms with Crippen LogP contribution in [0.4, 0.5) is 0 Å². The van der Waals surface area contributed by atoms with Gasteiger partial charge in [-0.05, 0) is 24.6 Å². The van der Waals surface area contributed by atoms with Crippen molar-refractivity contribution < 1.29 is 19.0 Å². The summed E-state index contributed by atoms with van der Waals surface area (Å²) in [4.78, 5) is 13.7. The molecule has 1 aromatic rings. The molecule has 0 bridgehead atoms. The molecule has 0 saturated carbocycles. The van der Waals surface area contributed by atoms with Crippen molar-refractivity contribution >= 4 is 5.91 Å². The van der Waals surface area contributed by atoms with E-state index in [-0.39, 0.29) is 18.6 Å². The summed E-state index contributed by atoms with van der Waals surface area (Å²) in [5.74, 6) is 0.752. The van der Waals surface area contributed by atoms with Gasteiger partial charge < -0.3 is 19.1 Å². The SMILES string of the molecule is COCCOCC(=O)N(C)C(C)c1ccc(OC)cc1. The number of ether oxygens (including phenoxy) is 3. The van der Waals surface area contributed by atoms with Gasteiger partial charge in [0.15, 0.2) is 0 Å². The molecule has 0 saturated heterocycles. The van der Waals surface area contributed by atoms with Crippen molar-refractivity contribution in [1.29, 1.82) is 0 Å². The fraction of sp³-hybridized carbons (Fsp3) is 0.533. The number of likely N-dealkylation sites (N-methyl/N-ethyl adjacent to an activating group) is 1. The molecule has 0 radical (unpaired) electrons. The maximum Gasteiger partial charge on any atom is 0.248 e. The molecule has 1 rings (SSSR count). The first-order valence-electron chi connectivity index (χ1n) is 6.56. The van der Waals surface area contributed by atoms with Crippen molar-refractivity contribution in [1.82, 2.24) is 4.90 Å². The van der Waals surface area contributed by atoms with Gasteiger partial charge in [-0.15, -0.1) is 0 Å². The Morgan fingerprint density at radius 2 is 1.85 bits per heavy atom. The average molecular weight is 281 g/mol. The van der Waals surface area contributed by atoms with Gasteiger partial charge in [0.2, 0.25) is 5.91 Å². The normalized spacial score (nSPS) is 12.0. The predicted molar refractivity (Wildman–Crippen MR) is 76.9 cm³/mol. The van der Waals surface area contributed by atoms with Gasteiger partial charge in [0.25, 0.3) is 0 Å². The number of amides is 1. The molecule has 0 aliphatic carbocycles.